The molecule has 4 N–H and O–H groups in total. The molecule has 0 heterocycles. The lowest BCUT2D eigenvalue weighted by Gasteiger charge is -2.22. The summed E-state index contributed by atoms with van der Waals surface area (Å²) in [7, 11) is 0. The van der Waals surface area contributed by atoms with Gasteiger partial charge in [0.05, 0.1) is 0 Å². The number of benzene rings is 1. The quantitative estimate of drug-likeness (QED) is 0.746. The highest BCUT2D eigenvalue weighted by molar-refractivity contribution is 7.80. The van der Waals surface area contributed by atoms with Crippen molar-refractivity contribution in [2.75, 3.05) is 5.32 Å². The molecule has 5 nitrogen and oxygen atoms in total. The number of ether oxygens (including phenoxy) is 1. The molecule has 0 fully saturated rings. The average Bonchev–Trinajstić information content (AvgIpc) is 2.28. The first-order valence-corrected chi connectivity index (χ1v) is 7.21. The molecule has 6 heteroatoms. The van der Waals surface area contributed by atoms with E-state index in [1.807, 2.05) is 52.0 Å². The van der Waals surface area contributed by atoms with E-state index >= 15 is 0 Å². The normalized spacial score (nSPS) is 12.4. The minimum absolute atomic E-state index is 0.0192. The summed E-state index contributed by atoms with van der Waals surface area (Å²) in [6.07, 6.45) is 0.314. The zero-order valence-electron chi connectivity index (χ0n) is 12.9. The molecule has 0 aliphatic rings. The number of hydrogen-bond acceptors (Lipinski definition) is 3. The van der Waals surface area contributed by atoms with Gasteiger partial charge in [0.2, 0.25) is 0 Å². The molecule has 0 bridgehead atoms. The number of hydrogen-bond donors (Lipinski definition) is 3. The van der Waals surface area contributed by atoms with Gasteiger partial charge in [0.1, 0.15) is 5.60 Å². The molecule has 0 radical (unpaired) electrons. The number of carbonyl (C=O) groups excluding carboxylic acids is 1. The number of carbonyl (C=O) groups is 1. The van der Waals surface area contributed by atoms with Crippen LogP contribution >= 0.6 is 12.2 Å². The van der Waals surface area contributed by atoms with Gasteiger partial charge >= 0.3 is 6.09 Å². The van der Waals surface area contributed by atoms with Gasteiger partial charge in [0.15, 0.2) is 5.11 Å². The van der Waals surface area contributed by atoms with E-state index < -0.39 is 11.7 Å². The topological polar surface area (TPSA) is 76.4 Å². The van der Waals surface area contributed by atoms with E-state index in [1.54, 1.807) is 0 Å². The zero-order chi connectivity index (χ0) is 16.0. The van der Waals surface area contributed by atoms with Crippen molar-refractivity contribution in [2.45, 2.75) is 45.8 Å². The highest BCUT2D eigenvalue weighted by Gasteiger charge is 2.17. The maximum atomic E-state index is 11.7. The molecule has 0 saturated heterocycles. The second kappa shape index (κ2) is 7.26. The minimum Gasteiger partial charge on any atom is -0.444 e. The van der Waals surface area contributed by atoms with Crippen molar-refractivity contribution in [3.63, 3.8) is 0 Å². The van der Waals surface area contributed by atoms with E-state index in [1.165, 1.54) is 0 Å². The third-order valence-corrected chi connectivity index (χ3v) is 2.63. The first-order valence-electron chi connectivity index (χ1n) is 6.80. The minimum atomic E-state index is -0.488. The van der Waals surface area contributed by atoms with Gasteiger partial charge in [-0.05, 0) is 64.0 Å². The Morgan fingerprint density at radius 3 is 2.38 bits per heavy atom. The van der Waals surface area contributed by atoms with Gasteiger partial charge in [0.25, 0.3) is 0 Å². The molecule has 1 amide bonds. The average molecular weight is 309 g/mol. The van der Waals surface area contributed by atoms with E-state index in [-0.39, 0.29) is 11.2 Å². The summed E-state index contributed by atoms with van der Waals surface area (Å²) >= 11 is 4.78. The Balaban J connectivity index is 2.49. The Hall–Kier alpha value is -1.82. The first kappa shape index (κ1) is 17.2. The number of anilines is 1. The number of amides is 1. The molecule has 1 atom stereocenters. The molecule has 0 saturated carbocycles. The monoisotopic (exact) mass is 309 g/mol. The Morgan fingerprint density at radius 1 is 1.33 bits per heavy atom. The highest BCUT2D eigenvalue weighted by atomic mass is 32.1. The molecule has 1 aromatic rings. The maximum absolute atomic E-state index is 11.7. The zero-order valence-corrected chi connectivity index (χ0v) is 13.7. The van der Waals surface area contributed by atoms with Crippen LogP contribution in [0.1, 0.15) is 33.3 Å². The smallest absolute Gasteiger partial charge is 0.407 e. The van der Waals surface area contributed by atoms with E-state index in [0.717, 1.165) is 11.3 Å². The van der Waals surface area contributed by atoms with Crippen LogP contribution in [0.25, 0.3) is 0 Å². The van der Waals surface area contributed by atoms with E-state index in [4.69, 9.17) is 22.7 Å². The lowest BCUT2D eigenvalue weighted by atomic mass is 10.1. The summed E-state index contributed by atoms with van der Waals surface area (Å²) in [6, 6.07) is 7.71. The van der Waals surface area contributed by atoms with Crippen molar-refractivity contribution in [1.82, 2.24) is 5.32 Å². The Labute approximate surface area is 131 Å². The number of nitrogens with two attached hydrogens (primary N) is 1. The van der Waals surface area contributed by atoms with Crippen LogP contribution in [0.15, 0.2) is 24.3 Å². The summed E-state index contributed by atoms with van der Waals surface area (Å²) in [5.41, 5.74) is 6.87. The number of alkyl carbamates (subject to hydrolysis) is 1. The molecule has 116 valence electrons. The molecule has 0 spiro atoms. The lowest BCUT2D eigenvalue weighted by molar-refractivity contribution is 0.0508. The van der Waals surface area contributed by atoms with Crippen LogP contribution in [0, 0.1) is 0 Å². The van der Waals surface area contributed by atoms with Crippen LogP contribution in [0.5, 0.6) is 0 Å². The van der Waals surface area contributed by atoms with Crippen molar-refractivity contribution in [1.29, 1.82) is 0 Å². The summed E-state index contributed by atoms with van der Waals surface area (Å²) in [5.74, 6) is 0. The predicted molar refractivity (Wildman–Crippen MR) is 89.4 cm³/mol. The molecule has 1 unspecified atom stereocenters. The Morgan fingerprint density at radius 2 is 1.90 bits per heavy atom. The molecule has 0 aliphatic heterocycles. The van der Waals surface area contributed by atoms with Crippen LogP contribution in [-0.2, 0) is 11.2 Å². The highest BCUT2D eigenvalue weighted by Crippen LogP contribution is 2.12. The number of nitrogens with one attached hydrogen (secondary N) is 2. The van der Waals surface area contributed by atoms with Crippen LogP contribution in [0.4, 0.5) is 10.5 Å². The fourth-order valence-corrected chi connectivity index (χ4v) is 1.90. The third kappa shape index (κ3) is 7.51. The van der Waals surface area contributed by atoms with E-state index in [2.05, 4.69) is 10.6 Å². The van der Waals surface area contributed by atoms with Crippen LogP contribution in [-0.4, -0.2) is 22.8 Å². The van der Waals surface area contributed by atoms with Crippen LogP contribution < -0.4 is 16.4 Å². The largest absolute Gasteiger partial charge is 0.444 e. The van der Waals surface area contributed by atoms with Gasteiger partial charge in [-0.3, -0.25) is 0 Å². The second-order valence-electron chi connectivity index (χ2n) is 5.94. The molecular weight excluding hydrogens is 286 g/mol. The van der Waals surface area contributed by atoms with Crippen molar-refractivity contribution in [3.8, 4) is 0 Å². The second-order valence-corrected chi connectivity index (χ2v) is 6.38. The summed E-state index contributed by atoms with van der Waals surface area (Å²) in [6.45, 7) is 7.45. The Kier molecular flexibility index (Phi) is 5.96. The summed E-state index contributed by atoms with van der Waals surface area (Å²) in [4.78, 5) is 11.7. The predicted octanol–water partition coefficient (Wildman–Crippen LogP) is 2.80. The van der Waals surface area contributed by atoms with Crippen molar-refractivity contribution >= 4 is 29.1 Å². The van der Waals surface area contributed by atoms with Gasteiger partial charge in [0, 0.05) is 11.7 Å². The van der Waals surface area contributed by atoms with E-state index in [9.17, 15) is 4.79 Å². The van der Waals surface area contributed by atoms with E-state index in [0.29, 0.717) is 6.42 Å². The SMILES string of the molecule is CC(Cc1ccc(NC(N)=S)cc1)NC(=O)OC(C)(C)C. The molecule has 1 rings (SSSR count). The first-order chi connectivity index (χ1) is 9.65. The fourth-order valence-electron chi connectivity index (χ4n) is 1.78. The van der Waals surface area contributed by atoms with Crippen molar-refractivity contribution in [3.05, 3.63) is 29.8 Å². The molecular formula is C15H23N3O2S. The summed E-state index contributed by atoms with van der Waals surface area (Å²) in [5, 5.41) is 5.92. The van der Waals surface area contributed by atoms with Gasteiger partial charge in [-0.25, -0.2) is 4.79 Å². The molecule has 0 aromatic heterocycles. The van der Waals surface area contributed by atoms with Gasteiger partial charge in [-0.2, -0.15) is 0 Å². The van der Waals surface area contributed by atoms with Gasteiger partial charge in [-0.15, -0.1) is 0 Å². The lowest BCUT2D eigenvalue weighted by Crippen LogP contribution is -2.38. The van der Waals surface area contributed by atoms with Gasteiger partial charge in [-0.1, -0.05) is 12.1 Å². The summed E-state index contributed by atoms with van der Waals surface area (Å²) < 4.78 is 5.22. The number of thiocarbonyl (C=S) groups is 1. The molecule has 21 heavy (non-hydrogen) atoms. The fraction of sp³-hybridized carbons (Fsp3) is 0.467. The maximum Gasteiger partial charge on any atom is 0.407 e. The van der Waals surface area contributed by atoms with Gasteiger partial charge < -0.3 is 21.1 Å². The third-order valence-electron chi connectivity index (χ3n) is 2.53. The van der Waals surface area contributed by atoms with Crippen molar-refractivity contribution < 1.29 is 9.53 Å². The molecule has 0 aliphatic carbocycles. The molecule has 1 aromatic carbocycles. The van der Waals surface area contributed by atoms with Crippen molar-refractivity contribution in [2.24, 2.45) is 5.73 Å². The number of rotatable bonds is 4. The standard InChI is InChI=1S/C15H23N3O2S/c1-10(17-14(19)20-15(2,3)4)9-11-5-7-12(8-6-11)18-13(16)21/h5-8,10H,9H2,1-4H3,(H,17,19)(H3,16,18,21). The Bertz CT molecular complexity index is 495. The van der Waals surface area contributed by atoms with Crippen LogP contribution in [0.2, 0.25) is 0 Å². The van der Waals surface area contributed by atoms with Crippen LogP contribution in [0.3, 0.4) is 0 Å².